The Morgan fingerprint density at radius 3 is 1.60 bits per heavy atom. The molecule has 3 nitrogen and oxygen atoms in total. The quantitative estimate of drug-likeness (QED) is 0.488. The fraction of sp³-hybridized carbons (Fsp3) is 1.00. The first kappa shape index (κ1) is 12.0. The van der Waals surface area contributed by atoms with Crippen LogP contribution in [-0.4, -0.2) is 35.0 Å². The summed E-state index contributed by atoms with van der Waals surface area (Å²) in [5.74, 6) is 1.87. The molecule has 0 spiro atoms. The Balaban J connectivity index is 1.75. The lowest BCUT2D eigenvalue weighted by atomic mass is 10.5. The van der Waals surface area contributed by atoms with Gasteiger partial charge in [-0.05, 0) is 12.8 Å². The molecule has 0 saturated carbocycles. The van der Waals surface area contributed by atoms with Gasteiger partial charge in [-0.1, -0.05) is 37.4 Å². The lowest BCUT2D eigenvalue weighted by Crippen LogP contribution is -2.30. The standard InChI is InChI=1S/C10H18O3S2/c1-3-5-11-9(7-14-9)13-10(8-15-10)12-6-4-2/h3-8H2,1-2H3. The van der Waals surface area contributed by atoms with Gasteiger partial charge in [0.15, 0.2) is 0 Å². The topological polar surface area (TPSA) is 27.7 Å². The van der Waals surface area contributed by atoms with Gasteiger partial charge in [0.1, 0.15) is 0 Å². The Kier molecular flexibility index (Phi) is 3.88. The molecule has 0 radical (unpaired) electrons. The molecule has 0 amide bonds. The van der Waals surface area contributed by atoms with E-state index in [0.29, 0.717) is 0 Å². The second kappa shape index (κ2) is 4.84. The summed E-state index contributed by atoms with van der Waals surface area (Å²) in [5.41, 5.74) is 0. The minimum atomic E-state index is -0.382. The fourth-order valence-electron chi connectivity index (χ4n) is 1.21. The van der Waals surface area contributed by atoms with Crippen molar-refractivity contribution in [2.75, 3.05) is 24.7 Å². The molecule has 0 N–H and O–H groups in total. The third kappa shape index (κ3) is 3.27. The highest BCUT2D eigenvalue weighted by Gasteiger charge is 2.59. The Bertz CT molecular complexity index is 193. The summed E-state index contributed by atoms with van der Waals surface area (Å²) < 4.78 is 17.3. The average molecular weight is 250 g/mol. The van der Waals surface area contributed by atoms with Crippen molar-refractivity contribution in [2.24, 2.45) is 0 Å². The zero-order valence-electron chi connectivity index (χ0n) is 9.28. The van der Waals surface area contributed by atoms with Crippen molar-refractivity contribution >= 4 is 23.5 Å². The Morgan fingerprint density at radius 1 is 0.933 bits per heavy atom. The number of hydrogen-bond acceptors (Lipinski definition) is 5. The monoisotopic (exact) mass is 250 g/mol. The summed E-state index contributed by atoms with van der Waals surface area (Å²) in [4.78, 5) is 0. The summed E-state index contributed by atoms with van der Waals surface area (Å²) in [6.45, 7) is 5.75. The molecule has 2 atom stereocenters. The molecule has 2 heterocycles. The van der Waals surface area contributed by atoms with Crippen molar-refractivity contribution in [1.82, 2.24) is 0 Å². The van der Waals surface area contributed by atoms with Crippen LogP contribution in [0.1, 0.15) is 26.7 Å². The van der Waals surface area contributed by atoms with Gasteiger partial charge in [0.2, 0.25) is 10.2 Å². The van der Waals surface area contributed by atoms with E-state index in [4.69, 9.17) is 14.2 Å². The minimum Gasteiger partial charge on any atom is -0.340 e. The number of ether oxygens (including phenoxy) is 3. The summed E-state index contributed by atoms with van der Waals surface area (Å²) in [7, 11) is 0. The molecule has 0 bridgehead atoms. The van der Waals surface area contributed by atoms with Gasteiger partial charge in [0.05, 0.1) is 24.7 Å². The summed E-state index contributed by atoms with van der Waals surface area (Å²) >= 11 is 3.44. The van der Waals surface area contributed by atoms with E-state index in [1.165, 1.54) is 0 Å². The van der Waals surface area contributed by atoms with Crippen molar-refractivity contribution in [1.29, 1.82) is 0 Å². The Morgan fingerprint density at radius 2 is 1.33 bits per heavy atom. The van der Waals surface area contributed by atoms with Crippen LogP contribution >= 0.6 is 23.5 Å². The van der Waals surface area contributed by atoms with Crippen molar-refractivity contribution in [2.45, 2.75) is 36.9 Å². The van der Waals surface area contributed by atoms with E-state index >= 15 is 0 Å². The van der Waals surface area contributed by atoms with Crippen LogP contribution in [0.25, 0.3) is 0 Å². The molecule has 0 aromatic heterocycles. The number of thioether (sulfide) groups is 2. The molecule has 5 heteroatoms. The van der Waals surface area contributed by atoms with E-state index in [9.17, 15) is 0 Å². The molecule has 2 rings (SSSR count). The first-order valence-corrected chi connectivity index (χ1v) is 7.47. The van der Waals surface area contributed by atoms with E-state index < -0.39 is 0 Å². The summed E-state index contributed by atoms with van der Waals surface area (Å²) in [6, 6.07) is 0. The van der Waals surface area contributed by atoms with Crippen LogP contribution in [0.2, 0.25) is 0 Å². The summed E-state index contributed by atoms with van der Waals surface area (Å²) in [5, 5.41) is -0.763. The first-order chi connectivity index (χ1) is 7.24. The smallest absolute Gasteiger partial charge is 0.231 e. The molecule has 2 aliphatic heterocycles. The van der Waals surface area contributed by atoms with Crippen LogP contribution in [0.15, 0.2) is 0 Å². The summed E-state index contributed by atoms with van der Waals surface area (Å²) in [6.07, 6.45) is 2.06. The highest BCUT2D eigenvalue weighted by molar-refractivity contribution is 8.08. The average Bonchev–Trinajstić information content (AvgIpc) is 3.14. The van der Waals surface area contributed by atoms with E-state index in [1.54, 1.807) is 23.5 Å². The second-order valence-corrected chi connectivity index (χ2v) is 6.14. The number of rotatable bonds is 8. The highest BCUT2D eigenvalue weighted by Crippen LogP contribution is 2.57. The maximum Gasteiger partial charge on any atom is 0.231 e. The van der Waals surface area contributed by atoms with Crippen molar-refractivity contribution in [3.8, 4) is 0 Å². The van der Waals surface area contributed by atoms with Crippen LogP contribution in [0.3, 0.4) is 0 Å². The molecule has 0 aromatic rings. The Hall–Kier alpha value is 0.580. The van der Waals surface area contributed by atoms with Gasteiger partial charge in [-0.15, -0.1) is 0 Å². The normalized spacial score (nSPS) is 38.0. The highest BCUT2D eigenvalue weighted by atomic mass is 32.2. The predicted molar refractivity (Wildman–Crippen MR) is 63.9 cm³/mol. The molecule has 2 fully saturated rings. The molecule has 2 saturated heterocycles. The molecule has 0 aliphatic carbocycles. The molecular weight excluding hydrogens is 232 g/mol. The van der Waals surface area contributed by atoms with Gasteiger partial charge < -0.3 is 9.47 Å². The predicted octanol–water partition coefficient (Wildman–Crippen LogP) is 2.66. The van der Waals surface area contributed by atoms with Gasteiger partial charge in [0, 0.05) is 0 Å². The zero-order valence-corrected chi connectivity index (χ0v) is 10.9. The van der Waals surface area contributed by atoms with Crippen LogP contribution < -0.4 is 0 Å². The van der Waals surface area contributed by atoms with E-state index in [-0.39, 0.29) is 10.2 Å². The van der Waals surface area contributed by atoms with Crippen molar-refractivity contribution in [3.63, 3.8) is 0 Å². The molecule has 15 heavy (non-hydrogen) atoms. The maximum absolute atomic E-state index is 5.93. The Labute approximate surface area is 99.6 Å². The third-order valence-electron chi connectivity index (χ3n) is 2.12. The molecular formula is C10H18O3S2. The fourth-order valence-corrected chi connectivity index (χ4v) is 2.51. The van der Waals surface area contributed by atoms with Crippen molar-refractivity contribution in [3.05, 3.63) is 0 Å². The van der Waals surface area contributed by atoms with Gasteiger partial charge in [-0.2, -0.15) is 0 Å². The van der Waals surface area contributed by atoms with Crippen molar-refractivity contribution < 1.29 is 14.2 Å². The van der Waals surface area contributed by atoms with Crippen LogP contribution in [0, 0.1) is 0 Å². The van der Waals surface area contributed by atoms with Gasteiger partial charge in [-0.3, -0.25) is 4.74 Å². The van der Waals surface area contributed by atoms with Gasteiger partial charge in [-0.25, -0.2) is 0 Å². The molecule has 2 unspecified atom stereocenters. The largest absolute Gasteiger partial charge is 0.340 e. The molecule has 2 aliphatic rings. The zero-order chi connectivity index (χ0) is 10.8. The lowest BCUT2D eigenvalue weighted by Gasteiger charge is -2.21. The van der Waals surface area contributed by atoms with Gasteiger partial charge in [0.25, 0.3) is 0 Å². The third-order valence-corrected chi connectivity index (χ3v) is 4.05. The first-order valence-electron chi connectivity index (χ1n) is 5.50. The SMILES string of the molecule is CCCOC1(OC2(OCCC)CS2)CS1. The van der Waals surface area contributed by atoms with E-state index in [1.807, 2.05) is 0 Å². The van der Waals surface area contributed by atoms with Gasteiger partial charge >= 0.3 is 0 Å². The second-order valence-electron chi connectivity index (χ2n) is 3.74. The van der Waals surface area contributed by atoms with E-state index in [0.717, 1.165) is 37.6 Å². The van der Waals surface area contributed by atoms with Crippen LogP contribution in [-0.2, 0) is 14.2 Å². The van der Waals surface area contributed by atoms with Crippen LogP contribution in [0.4, 0.5) is 0 Å². The maximum atomic E-state index is 5.93. The minimum absolute atomic E-state index is 0.382. The molecule has 0 aromatic carbocycles. The van der Waals surface area contributed by atoms with Crippen LogP contribution in [0.5, 0.6) is 0 Å². The number of hydrogen-bond donors (Lipinski definition) is 0. The molecule has 88 valence electrons. The lowest BCUT2D eigenvalue weighted by molar-refractivity contribution is -0.239. The van der Waals surface area contributed by atoms with E-state index in [2.05, 4.69) is 13.8 Å².